The molecule has 3 N–H and O–H groups in total. The van der Waals surface area contributed by atoms with E-state index in [1.165, 1.54) is 0 Å². The summed E-state index contributed by atoms with van der Waals surface area (Å²) >= 11 is 0. The van der Waals surface area contributed by atoms with Gasteiger partial charge in [-0.05, 0) is 13.8 Å². The molecule has 0 radical (unpaired) electrons. The van der Waals surface area contributed by atoms with Crippen LogP contribution >= 0.6 is 0 Å². The molecule has 4 heteroatoms. The van der Waals surface area contributed by atoms with Gasteiger partial charge in [0.1, 0.15) is 18.2 Å². The normalized spacial score (nSPS) is 15.9. The Balaban J connectivity index is 4.38. The van der Waals surface area contributed by atoms with E-state index in [4.69, 9.17) is 10.2 Å². The van der Waals surface area contributed by atoms with Gasteiger partial charge in [0.15, 0.2) is 0 Å². The van der Waals surface area contributed by atoms with Gasteiger partial charge in [0.25, 0.3) is 0 Å². The average molecular weight is 192 g/mol. The molecule has 0 fully saturated rings. The van der Waals surface area contributed by atoms with E-state index in [-0.39, 0.29) is 18.8 Å². The molecule has 0 rings (SSSR count). The standard InChI is InChI=1S/C9H22NO3/c1-9(2,7-12)10(3,4)5-8(13)6-11/h8,11-13H,5-7H2,1-4H3/q+1. The molecule has 0 aromatic carbocycles. The highest BCUT2D eigenvalue weighted by Gasteiger charge is 2.37. The number of hydrogen-bond acceptors (Lipinski definition) is 3. The Bertz CT molecular complexity index is 157. The number of likely N-dealkylation sites (N-methyl/N-ethyl adjacent to an activating group) is 1. The minimum absolute atomic E-state index is 0.0537. The largest absolute Gasteiger partial charge is 0.393 e. The summed E-state index contributed by atoms with van der Waals surface area (Å²) < 4.78 is 0.477. The van der Waals surface area contributed by atoms with Gasteiger partial charge in [-0.25, -0.2) is 0 Å². The van der Waals surface area contributed by atoms with Crippen molar-refractivity contribution >= 4 is 0 Å². The van der Waals surface area contributed by atoms with Crippen LogP contribution in [0.25, 0.3) is 0 Å². The quantitative estimate of drug-likeness (QED) is 0.499. The van der Waals surface area contributed by atoms with Gasteiger partial charge in [-0.15, -0.1) is 0 Å². The summed E-state index contributed by atoms with van der Waals surface area (Å²) in [4.78, 5) is 0. The summed E-state index contributed by atoms with van der Waals surface area (Å²) in [7, 11) is 3.85. The first kappa shape index (κ1) is 12.8. The van der Waals surface area contributed by atoms with Crippen LogP contribution in [0.5, 0.6) is 0 Å². The highest BCUT2D eigenvalue weighted by molar-refractivity contribution is 4.68. The molecule has 0 heterocycles. The van der Waals surface area contributed by atoms with Crippen LogP contribution in [-0.4, -0.2) is 65.3 Å². The van der Waals surface area contributed by atoms with Crippen molar-refractivity contribution in [3.63, 3.8) is 0 Å². The number of rotatable bonds is 5. The number of hydrogen-bond donors (Lipinski definition) is 3. The summed E-state index contributed by atoms with van der Waals surface area (Å²) in [6, 6.07) is 0. The third kappa shape index (κ3) is 3.23. The minimum atomic E-state index is -0.721. The first-order chi connectivity index (χ1) is 5.77. The van der Waals surface area contributed by atoms with E-state index in [1.807, 2.05) is 27.9 Å². The van der Waals surface area contributed by atoms with Crippen molar-refractivity contribution in [3.8, 4) is 0 Å². The van der Waals surface area contributed by atoms with Crippen LogP contribution in [0.4, 0.5) is 0 Å². The third-order valence-electron chi connectivity index (χ3n) is 2.90. The first-order valence-corrected chi connectivity index (χ1v) is 4.49. The maximum Gasteiger partial charge on any atom is 0.126 e. The zero-order valence-electron chi connectivity index (χ0n) is 8.99. The molecule has 80 valence electrons. The molecule has 0 aliphatic heterocycles. The second kappa shape index (κ2) is 4.37. The molecule has 1 atom stereocenters. The van der Waals surface area contributed by atoms with Gasteiger partial charge in [-0.1, -0.05) is 0 Å². The van der Waals surface area contributed by atoms with E-state index < -0.39 is 6.10 Å². The van der Waals surface area contributed by atoms with Gasteiger partial charge < -0.3 is 19.8 Å². The SMILES string of the molecule is CC(C)(CO)[N+](C)(C)CC(O)CO. The van der Waals surface area contributed by atoms with Crippen molar-refractivity contribution in [2.45, 2.75) is 25.5 Å². The van der Waals surface area contributed by atoms with Crippen molar-refractivity contribution in [3.05, 3.63) is 0 Å². The smallest absolute Gasteiger partial charge is 0.126 e. The number of aliphatic hydroxyl groups is 3. The summed E-state index contributed by atoms with van der Waals surface area (Å²) in [6.07, 6.45) is -0.721. The zero-order chi connectivity index (χ0) is 10.7. The van der Waals surface area contributed by atoms with E-state index in [1.54, 1.807) is 0 Å². The Morgan fingerprint density at radius 1 is 1.23 bits per heavy atom. The van der Waals surface area contributed by atoms with Gasteiger partial charge in [0.2, 0.25) is 0 Å². The fourth-order valence-corrected chi connectivity index (χ4v) is 1.02. The lowest BCUT2D eigenvalue weighted by Crippen LogP contribution is -2.61. The summed E-state index contributed by atoms with van der Waals surface area (Å²) in [5.41, 5.74) is -0.309. The van der Waals surface area contributed by atoms with Crippen molar-refractivity contribution < 1.29 is 19.8 Å². The molecule has 0 saturated heterocycles. The van der Waals surface area contributed by atoms with Gasteiger partial charge >= 0.3 is 0 Å². The zero-order valence-corrected chi connectivity index (χ0v) is 8.99. The second-order valence-electron chi connectivity index (χ2n) is 4.67. The molecule has 0 aliphatic rings. The van der Waals surface area contributed by atoms with Crippen LogP contribution in [0.3, 0.4) is 0 Å². The molecule has 0 aromatic heterocycles. The monoisotopic (exact) mass is 192 g/mol. The minimum Gasteiger partial charge on any atom is -0.393 e. The van der Waals surface area contributed by atoms with Gasteiger partial charge in [-0.2, -0.15) is 0 Å². The van der Waals surface area contributed by atoms with Crippen molar-refractivity contribution in [1.29, 1.82) is 0 Å². The van der Waals surface area contributed by atoms with Crippen LogP contribution in [0.15, 0.2) is 0 Å². The van der Waals surface area contributed by atoms with E-state index >= 15 is 0 Å². The molecular weight excluding hydrogens is 170 g/mol. The molecule has 0 aliphatic carbocycles. The maximum atomic E-state index is 9.31. The molecule has 0 bridgehead atoms. The predicted octanol–water partition coefficient (Wildman–Crippen LogP) is -0.813. The van der Waals surface area contributed by atoms with Gasteiger partial charge in [-0.3, -0.25) is 0 Å². The van der Waals surface area contributed by atoms with Crippen molar-refractivity contribution in [2.75, 3.05) is 33.9 Å². The Hall–Kier alpha value is -0.160. The van der Waals surface area contributed by atoms with E-state index in [0.29, 0.717) is 11.0 Å². The van der Waals surface area contributed by atoms with Crippen molar-refractivity contribution in [1.82, 2.24) is 0 Å². The molecule has 0 saturated carbocycles. The summed E-state index contributed by atoms with van der Waals surface area (Å²) in [5, 5.41) is 27.2. The predicted molar refractivity (Wildman–Crippen MR) is 51.2 cm³/mol. The lowest BCUT2D eigenvalue weighted by atomic mass is 10.0. The highest BCUT2D eigenvalue weighted by Crippen LogP contribution is 2.19. The first-order valence-electron chi connectivity index (χ1n) is 4.49. The summed E-state index contributed by atoms with van der Waals surface area (Å²) in [6.45, 7) is 4.11. The number of aliphatic hydroxyl groups excluding tert-OH is 3. The molecule has 0 spiro atoms. The summed E-state index contributed by atoms with van der Waals surface area (Å²) in [5.74, 6) is 0. The molecule has 0 aromatic rings. The van der Waals surface area contributed by atoms with Gasteiger partial charge in [0.05, 0.1) is 27.3 Å². The molecule has 13 heavy (non-hydrogen) atoms. The number of quaternary nitrogens is 1. The number of nitrogens with zero attached hydrogens (tertiary/aromatic N) is 1. The lowest BCUT2D eigenvalue weighted by Gasteiger charge is -2.44. The van der Waals surface area contributed by atoms with E-state index in [2.05, 4.69) is 0 Å². The van der Waals surface area contributed by atoms with Gasteiger partial charge in [0, 0.05) is 0 Å². The van der Waals surface area contributed by atoms with Crippen LogP contribution < -0.4 is 0 Å². The van der Waals surface area contributed by atoms with Crippen LogP contribution in [0, 0.1) is 0 Å². The Kier molecular flexibility index (Phi) is 4.32. The fourth-order valence-electron chi connectivity index (χ4n) is 1.02. The van der Waals surface area contributed by atoms with Crippen molar-refractivity contribution in [2.24, 2.45) is 0 Å². The Morgan fingerprint density at radius 3 is 2.00 bits per heavy atom. The van der Waals surface area contributed by atoms with E-state index in [0.717, 1.165) is 0 Å². The topological polar surface area (TPSA) is 60.7 Å². The van der Waals surface area contributed by atoms with Crippen LogP contribution in [0.1, 0.15) is 13.8 Å². The average Bonchev–Trinajstić information content (AvgIpc) is 2.03. The molecule has 0 amide bonds. The van der Waals surface area contributed by atoms with E-state index in [9.17, 15) is 5.11 Å². The van der Waals surface area contributed by atoms with Crippen LogP contribution in [-0.2, 0) is 0 Å². The molecular formula is C9H22NO3+. The highest BCUT2D eigenvalue weighted by atomic mass is 16.3. The second-order valence-corrected chi connectivity index (χ2v) is 4.67. The van der Waals surface area contributed by atoms with Crippen LogP contribution in [0.2, 0.25) is 0 Å². The lowest BCUT2D eigenvalue weighted by molar-refractivity contribution is -0.941. The molecule has 1 unspecified atom stereocenters. The Morgan fingerprint density at radius 2 is 1.69 bits per heavy atom. The fraction of sp³-hybridized carbons (Fsp3) is 1.00. The maximum absolute atomic E-state index is 9.31. The molecule has 4 nitrogen and oxygen atoms in total. The Labute approximate surface area is 80.0 Å². The third-order valence-corrected chi connectivity index (χ3v) is 2.90.